The maximum absolute atomic E-state index is 5.82. The van der Waals surface area contributed by atoms with Gasteiger partial charge in [-0.3, -0.25) is 0 Å². The van der Waals surface area contributed by atoms with E-state index in [2.05, 4.69) is 54.8 Å². The Morgan fingerprint density at radius 2 is 2.06 bits per heavy atom. The number of aryl methyl sites for hydroxylation is 1. The van der Waals surface area contributed by atoms with Gasteiger partial charge in [-0.25, -0.2) is 0 Å². The maximum Gasteiger partial charge on any atom is 0.257 e. The fourth-order valence-corrected chi connectivity index (χ4v) is 3.48. The Morgan fingerprint density at radius 3 is 2.88 bits per heavy atom. The van der Waals surface area contributed by atoms with E-state index in [0.29, 0.717) is 0 Å². The summed E-state index contributed by atoms with van der Waals surface area (Å²) < 4.78 is 10.2. The van der Waals surface area contributed by atoms with Crippen LogP contribution in [0.5, 0.6) is 5.75 Å². The smallest absolute Gasteiger partial charge is 0.257 e. The van der Waals surface area contributed by atoms with Gasteiger partial charge in [-0.1, -0.05) is 0 Å². The SMILES string of the molecule is Brc1cc(Br)c2ccc[n+]3c2c1OCCC3.[Br-]. The minimum absolute atomic E-state index is 0. The Hall–Kier alpha value is -0.130. The second-order valence-electron chi connectivity index (χ2n) is 3.84. The Labute approximate surface area is 127 Å². The highest BCUT2D eigenvalue weighted by Crippen LogP contribution is 2.37. The van der Waals surface area contributed by atoms with E-state index < -0.39 is 0 Å². The number of hydrogen-bond acceptors (Lipinski definition) is 1. The summed E-state index contributed by atoms with van der Waals surface area (Å²) >= 11 is 7.16. The van der Waals surface area contributed by atoms with Gasteiger partial charge < -0.3 is 21.7 Å². The third kappa shape index (κ3) is 2.25. The van der Waals surface area contributed by atoms with Crippen molar-refractivity contribution >= 4 is 42.8 Å². The fourth-order valence-electron chi connectivity index (χ4n) is 2.10. The largest absolute Gasteiger partial charge is 1.00 e. The van der Waals surface area contributed by atoms with Crippen LogP contribution in [0.4, 0.5) is 0 Å². The first-order chi connectivity index (χ1) is 7.77. The van der Waals surface area contributed by atoms with E-state index in [9.17, 15) is 0 Å². The number of nitrogens with zero attached hydrogens (tertiary/aromatic N) is 1. The molecular weight excluding hydrogens is 414 g/mol. The predicted octanol–water partition coefficient (Wildman–Crippen LogP) is 0.439. The van der Waals surface area contributed by atoms with Gasteiger partial charge in [0.25, 0.3) is 5.52 Å². The lowest BCUT2D eigenvalue weighted by Crippen LogP contribution is -3.00. The molecule has 0 aliphatic carbocycles. The average molecular weight is 424 g/mol. The van der Waals surface area contributed by atoms with Crippen LogP contribution in [-0.4, -0.2) is 6.61 Å². The van der Waals surface area contributed by atoms with Crippen molar-refractivity contribution < 1.29 is 26.3 Å². The average Bonchev–Trinajstić information content (AvgIpc) is 2.49. The second kappa shape index (κ2) is 5.24. The Balaban J connectivity index is 0.00000108. The summed E-state index contributed by atoms with van der Waals surface area (Å²) in [7, 11) is 0. The molecule has 1 aromatic carbocycles. The van der Waals surface area contributed by atoms with Crippen molar-refractivity contribution in [1.29, 1.82) is 0 Å². The molecule has 2 nitrogen and oxygen atoms in total. The van der Waals surface area contributed by atoms with Crippen molar-refractivity contribution in [3.63, 3.8) is 0 Å². The number of benzene rings is 1. The standard InChI is InChI=1S/C12H10Br2NO.BrH/c13-9-7-10(14)12-11-8(9)3-1-4-15(11)5-2-6-16-12;/h1,3-4,7H,2,5-6H2;1H/q+1;/p-1. The molecule has 0 amide bonds. The summed E-state index contributed by atoms with van der Waals surface area (Å²) in [5, 5.41) is 1.20. The van der Waals surface area contributed by atoms with E-state index in [1.807, 2.05) is 6.07 Å². The van der Waals surface area contributed by atoms with Gasteiger partial charge in [0, 0.05) is 17.0 Å². The first-order valence-corrected chi connectivity index (χ1v) is 6.79. The zero-order valence-corrected chi connectivity index (χ0v) is 13.7. The normalized spacial score (nSPS) is 13.8. The van der Waals surface area contributed by atoms with Gasteiger partial charge in [-0.2, -0.15) is 4.57 Å². The third-order valence-electron chi connectivity index (χ3n) is 2.80. The second-order valence-corrected chi connectivity index (χ2v) is 5.54. The molecule has 5 heteroatoms. The summed E-state index contributed by atoms with van der Waals surface area (Å²) in [6.07, 6.45) is 3.15. The lowest BCUT2D eigenvalue weighted by molar-refractivity contribution is -0.670. The van der Waals surface area contributed by atoms with E-state index in [1.165, 1.54) is 10.9 Å². The lowest BCUT2D eigenvalue weighted by Gasteiger charge is -2.07. The van der Waals surface area contributed by atoms with Crippen molar-refractivity contribution in [3.05, 3.63) is 33.3 Å². The Bertz CT molecular complexity index is 571. The van der Waals surface area contributed by atoms with Crippen LogP contribution >= 0.6 is 31.9 Å². The van der Waals surface area contributed by atoms with Crippen LogP contribution in [0.15, 0.2) is 33.3 Å². The van der Waals surface area contributed by atoms with Gasteiger partial charge >= 0.3 is 0 Å². The van der Waals surface area contributed by atoms with Crippen molar-refractivity contribution in [2.24, 2.45) is 0 Å². The Kier molecular flexibility index (Phi) is 4.10. The molecule has 2 heterocycles. The van der Waals surface area contributed by atoms with Crippen LogP contribution in [0.3, 0.4) is 0 Å². The van der Waals surface area contributed by atoms with E-state index in [0.717, 1.165) is 34.3 Å². The van der Waals surface area contributed by atoms with Crippen LogP contribution in [0.1, 0.15) is 6.42 Å². The molecular formula is C12H10Br3NO. The summed E-state index contributed by atoms with van der Waals surface area (Å²) in [6.45, 7) is 1.78. The summed E-state index contributed by atoms with van der Waals surface area (Å²) in [4.78, 5) is 0. The van der Waals surface area contributed by atoms with Gasteiger partial charge in [0.2, 0.25) is 5.75 Å². The van der Waals surface area contributed by atoms with E-state index >= 15 is 0 Å². The molecule has 0 radical (unpaired) electrons. The van der Waals surface area contributed by atoms with Crippen molar-refractivity contribution in [1.82, 2.24) is 0 Å². The third-order valence-corrected chi connectivity index (χ3v) is 4.05. The predicted molar refractivity (Wildman–Crippen MR) is 69.7 cm³/mol. The highest BCUT2D eigenvalue weighted by Gasteiger charge is 2.22. The number of aromatic nitrogens is 1. The number of hydrogen-bond donors (Lipinski definition) is 0. The molecule has 0 atom stereocenters. The molecule has 1 aromatic heterocycles. The zero-order valence-electron chi connectivity index (χ0n) is 8.92. The topological polar surface area (TPSA) is 13.1 Å². The molecule has 17 heavy (non-hydrogen) atoms. The summed E-state index contributed by atoms with van der Waals surface area (Å²) in [6, 6.07) is 6.24. The molecule has 0 bridgehead atoms. The molecule has 0 saturated carbocycles. The molecule has 0 saturated heterocycles. The molecule has 1 aliphatic heterocycles. The van der Waals surface area contributed by atoms with Crippen LogP contribution in [0.25, 0.3) is 10.9 Å². The Morgan fingerprint density at radius 1 is 1.24 bits per heavy atom. The fraction of sp³-hybridized carbons (Fsp3) is 0.250. The summed E-state index contributed by atoms with van der Waals surface area (Å²) in [5.74, 6) is 0.955. The molecule has 0 unspecified atom stereocenters. The number of ether oxygens (including phenoxy) is 1. The van der Waals surface area contributed by atoms with Gasteiger partial charge in [-0.15, -0.1) is 0 Å². The molecule has 90 valence electrons. The number of rotatable bonds is 0. The first kappa shape index (κ1) is 13.3. The quantitative estimate of drug-likeness (QED) is 0.560. The van der Waals surface area contributed by atoms with Crippen LogP contribution < -0.4 is 26.3 Å². The molecule has 3 rings (SSSR count). The zero-order chi connectivity index (χ0) is 11.1. The van der Waals surface area contributed by atoms with E-state index in [4.69, 9.17) is 4.74 Å². The van der Waals surface area contributed by atoms with Crippen LogP contribution in [0.2, 0.25) is 0 Å². The van der Waals surface area contributed by atoms with Gasteiger partial charge in [-0.05, 0) is 44.0 Å². The molecule has 0 spiro atoms. The summed E-state index contributed by atoms with van der Waals surface area (Å²) in [5.41, 5.74) is 1.17. The minimum atomic E-state index is 0. The number of halogens is 3. The number of pyridine rings is 1. The van der Waals surface area contributed by atoms with E-state index in [1.54, 1.807) is 0 Å². The minimum Gasteiger partial charge on any atom is -1.00 e. The van der Waals surface area contributed by atoms with E-state index in [-0.39, 0.29) is 17.0 Å². The maximum atomic E-state index is 5.82. The monoisotopic (exact) mass is 421 g/mol. The van der Waals surface area contributed by atoms with Gasteiger partial charge in [0.15, 0.2) is 12.7 Å². The molecule has 2 aromatic rings. The molecule has 1 aliphatic rings. The highest BCUT2D eigenvalue weighted by atomic mass is 79.9. The van der Waals surface area contributed by atoms with Crippen molar-refractivity contribution in [3.8, 4) is 5.75 Å². The van der Waals surface area contributed by atoms with Gasteiger partial charge in [0.1, 0.15) is 0 Å². The molecule has 0 fully saturated rings. The van der Waals surface area contributed by atoms with Crippen LogP contribution in [0, 0.1) is 0 Å². The first-order valence-electron chi connectivity index (χ1n) is 5.20. The highest BCUT2D eigenvalue weighted by molar-refractivity contribution is 9.11. The van der Waals surface area contributed by atoms with Crippen molar-refractivity contribution in [2.75, 3.05) is 6.61 Å². The van der Waals surface area contributed by atoms with Crippen molar-refractivity contribution in [2.45, 2.75) is 13.0 Å². The van der Waals surface area contributed by atoms with Gasteiger partial charge in [0.05, 0.1) is 16.5 Å². The van der Waals surface area contributed by atoms with Crippen LogP contribution in [-0.2, 0) is 6.54 Å². The molecule has 0 N–H and O–H groups in total. The lowest BCUT2D eigenvalue weighted by atomic mass is 10.2.